The lowest BCUT2D eigenvalue weighted by Crippen LogP contribution is -2.21. The largest absolute Gasteiger partial charge is 0.411 e. The van der Waals surface area contributed by atoms with Crippen molar-refractivity contribution in [3.05, 3.63) is 34.9 Å². The zero-order chi connectivity index (χ0) is 10.8. The molecule has 0 aliphatic heterocycles. The van der Waals surface area contributed by atoms with Crippen molar-refractivity contribution in [1.29, 1.82) is 0 Å². The highest BCUT2D eigenvalue weighted by molar-refractivity contribution is 6.30. The normalized spacial score (nSPS) is 13.0. The van der Waals surface area contributed by atoms with E-state index in [-0.39, 0.29) is 5.41 Å². The lowest BCUT2D eigenvalue weighted by atomic mass is 9.86. The molecule has 0 atom stereocenters. The number of halogens is 1. The van der Waals surface area contributed by atoms with Crippen LogP contribution in [0.1, 0.15) is 26.3 Å². The van der Waals surface area contributed by atoms with E-state index in [2.05, 4.69) is 5.16 Å². The van der Waals surface area contributed by atoms with Crippen LogP contribution < -0.4 is 0 Å². The minimum atomic E-state index is -0.178. The molecule has 0 aromatic heterocycles. The van der Waals surface area contributed by atoms with Gasteiger partial charge < -0.3 is 5.21 Å². The molecule has 0 saturated heterocycles. The third-order valence-corrected chi connectivity index (χ3v) is 2.18. The first-order valence-electron chi connectivity index (χ1n) is 4.43. The maximum Gasteiger partial charge on any atom is 0.0921 e. The minimum Gasteiger partial charge on any atom is -0.411 e. The van der Waals surface area contributed by atoms with Gasteiger partial charge in [0.1, 0.15) is 0 Å². The first-order valence-corrected chi connectivity index (χ1v) is 4.81. The molecule has 0 fully saturated rings. The highest BCUT2D eigenvalue weighted by atomic mass is 35.5. The summed E-state index contributed by atoms with van der Waals surface area (Å²) in [4.78, 5) is 0. The molecule has 0 bridgehead atoms. The van der Waals surface area contributed by atoms with Crippen molar-refractivity contribution in [2.24, 2.45) is 10.6 Å². The van der Waals surface area contributed by atoms with E-state index in [1.165, 1.54) is 0 Å². The van der Waals surface area contributed by atoms with Crippen molar-refractivity contribution in [2.75, 3.05) is 0 Å². The summed E-state index contributed by atoms with van der Waals surface area (Å²) in [7, 11) is 0. The smallest absolute Gasteiger partial charge is 0.0921 e. The molecule has 0 radical (unpaired) electrons. The Hall–Kier alpha value is -1.02. The van der Waals surface area contributed by atoms with Gasteiger partial charge in [-0.05, 0) is 17.7 Å². The molecule has 3 heteroatoms. The molecule has 1 rings (SSSR count). The molecule has 0 saturated carbocycles. The molecule has 76 valence electrons. The summed E-state index contributed by atoms with van der Waals surface area (Å²) in [6.07, 6.45) is 0. The highest BCUT2D eigenvalue weighted by Crippen LogP contribution is 2.22. The summed E-state index contributed by atoms with van der Waals surface area (Å²) < 4.78 is 0. The Bertz CT molecular complexity index is 335. The van der Waals surface area contributed by atoms with Crippen LogP contribution >= 0.6 is 11.6 Å². The fourth-order valence-electron chi connectivity index (χ4n) is 1.25. The third-order valence-electron chi connectivity index (χ3n) is 1.93. The predicted octanol–water partition coefficient (Wildman–Crippen LogP) is 3.56. The number of hydrogen-bond acceptors (Lipinski definition) is 2. The molecule has 0 unspecified atom stereocenters. The summed E-state index contributed by atoms with van der Waals surface area (Å²) in [6.45, 7) is 5.99. The SMILES string of the molecule is CC(C)(C)/C(=N\O)c1ccc(Cl)cc1. The maximum atomic E-state index is 8.94. The fourth-order valence-corrected chi connectivity index (χ4v) is 1.37. The van der Waals surface area contributed by atoms with Gasteiger partial charge in [-0.15, -0.1) is 0 Å². The zero-order valence-corrected chi connectivity index (χ0v) is 9.34. The van der Waals surface area contributed by atoms with Crippen molar-refractivity contribution in [3.63, 3.8) is 0 Å². The van der Waals surface area contributed by atoms with E-state index in [4.69, 9.17) is 16.8 Å². The van der Waals surface area contributed by atoms with Gasteiger partial charge in [-0.25, -0.2) is 0 Å². The molecular formula is C11H14ClNO. The molecular weight excluding hydrogens is 198 g/mol. The number of hydrogen-bond donors (Lipinski definition) is 1. The summed E-state index contributed by atoms with van der Waals surface area (Å²) in [5, 5.41) is 13.0. The molecule has 0 spiro atoms. The van der Waals surface area contributed by atoms with Crippen LogP contribution in [0.2, 0.25) is 5.02 Å². The number of oxime groups is 1. The van der Waals surface area contributed by atoms with Crippen LogP contribution in [-0.2, 0) is 0 Å². The van der Waals surface area contributed by atoms with Crippen LogP contribution in [0, 0.1) is 5.41 Å². The van der Waals surface area contributed by atoms with Crippen molar-refractivity contribution >= 4 is 17.3 Å². The summed E-state index contributed by atoms with van der Waals surface area (Å²) in [5.74, 6) is 0. The van der Waals surface area contributed by atoms with Crippen molar-refractivity contribution < 1.29 is 5.21 Å². The second-order valence-corrected chi connectivity index (χ2v) is 4.64. The van der Waals surface area contributed by atoms with Crippen LogP contribution in [-0.4, -0.2) is 10.9 Å². The monoisotopic (exact) mass is 211 g/mol. The van der Waals surface area contributed by atoms with Gasteiger partial charge in [0.25, 0.3) is 0 Å². The van der Waals surface area contributed by atoms with Crippen LogP contribution in [0.25, 0.3) is 0 Å². The van der Waals surface area contributed by atoms with E-state index in [0.29, 0.717) is 10.7 Å². The maximum absolute atomic E-state index is 8.94. The van der Waals surface area contributed by atoms with Gasteiger partial charge in [0.2, 0.25) is 0 Å². The minimum absolute atomic E-state index is 0.178. The number of rotatable bonds is 1. The second kappa shape index (κ2) is 4.01. The van der Waals surface area contributed by atoms with Crippen LogP contribution in [0.15, 0.2) is 29.4 Å². The summed E-state index contributed by atoms with van der Waals surface area (Å²) in [5.41, 5.74) is 1.38. The average molecular weight is 212 g/mol. The molecule has 1 N–H and O–H groups in total. The van der Waals surface area contributed by atoms with E-state index in [0.717, 1.165) is 5.56 Å². The molecule has 2 nitrogen and oxygen atoms in total. The first kappa shape index (κ1) is 11.1. The topological polar surface area (TPSA) is 32.6 Å². The van der Waals surface area contributed by atoms with E-state index < -0.39 is 0 Å². The second-order valence-electron chi connectivity index (χ2n) is 4.21. The van der Waals surface area contributed by atoms with Crippen LogP contribution in [0.4, 0.5) is 0 Å². The van der Waals surface area contributed by atoms with Gasteiger partial charge in [-0.2, -0.15) is 0 Å². The Balaban J connectivity index is 3.10. The molecule has 1 aromatic carbocycles. The average Bonchev–Trinajstić information content (AvgIpc) is 2.07. The fraction of sp³-hybridized carbons (Fsp3) is 0.364. The Morgan fingerprint density at radius 3 is 2.07 bits per heavy atom. The number of nitrogens with zero attached hydrogens (tertiary/aromatic N) is 1. The number of benzene rings is 1. The van der Waals surface area contributed by atoms with Gasteiger partial charge in [0.05, 0.1) is 5.71 Å². The molecule has 1 aromatic rings. The lowest BCUT2D eigenvalue weighted by molar-refractivity contribution is 0.311. The first-order chi connectivity index (χ1) is 6.45. The molecule has 0 aliphatic carbocycles. The van der Waals surface area contributed by atoms with Crippen LogP contribution in [0.5, 0.6) is 0 Å². The van der Waals surface area contributed by atoms with Crippen molar-refractivity contribution in [3.8, 4) is 0 Å². The van der Waals surface area contributed by atoms with Gasteiger partial charge in [0.15, 0.2) is 0 Å². The Labute approximate surface area is 89.2 Å². The van der Waals surface area contributed by atoms with Crippen molar-refractivity contribution in [1.82, 2.24) is 0 Å². The molecule has 0 aliphatic rings. The highest BCUT2D eigenvalue weighted by Gasteiger charge is 2.21. The molecule has 14 heavy (non-hydrogen) atoms. The standard InChI is InChI=1S/C11H14ClNO/c1-11(2,3)10(13-14)8-4-6-9(12)7-5-8/h4-7,14H,1-3H3/b13-10-. The molecule has 0 amide bonds. The summed E-state index contributed by atoms with van der Waals surface area (Å²) in [6, 6.07) is 7.27. The van der Waals surface area contributed by atoms with Crippen LogP contribution in [0.3, 0.4) is 0 Å². The Kier molecular flexibility index (Phi) is 3.17. The zero-order valence-electron chi connectivity index (χ0n) is 8.58. The van der Waals surface area contributed by atoms with Gasteiger partial charge in [0, 0.05) is 10.4 Å². The van der Waals surface area contributed by atoms with E-state index in [1.807, 2.05) is 32.9 Å². The quantitative estimate of drug-likeness (QED) is 0.430. The van der Waals surface area contributed by atoms with E-state index >= 15 is 0 Å². The third kappa shape index (κ3) is 2.48. The predicted molar refractivity (Wildman–Crippen MR) is 59.2 cm³/mol. The Morgan fingerprint density at radius 2 is 1.71 bits per heavy atom. The molecule has 0 heterocycles. The Morgan fingerprint density at radius 1 is 1.21 bits per heavy atom. The van der Waals surface area contributed by atoms with Gasteiger partial charge >= 0.3 is 0 Å². The van der Waals surface area contributed by atoms with E-state index in [1.54, 1.807) is 12.1 Å². The summed E-state index contributed by atoms with van der Waals surface area (Å²) >= 11 is 5.77. The van der Waals surface area contributed by atoms with Gasteiger partial charge in [-0.1, -0.05) is 49.7 Å². The van der Waals surface area contributed by atoms with Crippen molar-refractivity contribution in [2.45, 2.75) is 20.8 Å². The van der Waals surface area contributed by atoms with Gasteiger partial charge in [-0.3, -0.25) is 0 Å². The lowest BCUT2D eigenvalue weighted by Gasteiger charge is -2.19. The van der Waals surface area contributed by atoms with E-state index in [9.17, 15) is 0 Å².